The molecule has 2 aromatic carbocycles. The van der Waals surface area contributed by atoms with Crippen molar-refractivity contribution in [1.29, 1.82) is 0 Å². The fourth-order valence-corrected chi connectivity index (χ4v) is 2.07. The van der Waals surface area contributed by atoms with E-state index in [0.29, 0.717) is 0 Å². The van der Waals surface area contributed by atoms with Crippen LogP contribution in [0, 0.1) is 6.92 Å². The van der Waals surface area contributed by atoms with Crippen LogP contribution in [0.4, 0.5) is 0 Å². The minimum atomic E-state index is 0.768. The van der Waals surface area contributed by atoms with Crippen LogP contribution < -0.4 is 4.74 Å². The number of hydrogen-bond acceptors (Lipinski definition) is 1. The highest BCUT2D eigenvalue weighted by Gasteiger charge is 1.94. The van der Waals surface area contributed by atoms with Gasteiger partial charge in [-0.15, -0.1) is 0 Å². The van der Waals surface area contributed by atoms with Gasteiger partial charge >= 0.3 is 0 Å². The molecular formula is C16H15ClO. The second-order valence-electron chi connectivity index (χ2n) is 4.17. The topological polar surface area (TPSA) is 9.23 Å². The summed E-state index contributed by atoms with van der Waals surface area (Å²) in [6.07, 6.45) is 4.12. The zero-order valence-electron chi connectivity index (χ0n) is 10.5. The monoisotopic (exact) mass is 258 g/mol. The van der Waals surface area contributed by atoms with Gasteiger partial charge in [0.25, 0.3) is 0 Å². The van der Waals surface area contributed by atoms with Gasteiger partial charge in [0.05, 0.1) is 7.11 Å². The van der Waals surface area contributed by atoms with Crippen LogP contribution in [-0.4, -0.2) is 7.11 Å². The molecule has 0 bridgehead atoms. The molecule has 0 saturated heterocycles. The van der Waals surface area contributed by atoms with Gasteiger partial charge in [-0.1, -0.05) is 42.0 Å². The van der Waals surface area contributed by atoms with Gasteiger partial charge in [0.1, 0.15) is 5.75 Å². The Hall–Kier alpha value is -1.73. The summed E-state index contributed by atoms with van der Waals surface area (Å²) in [7, 11) is 1.67. The molecule has 0 atom stereocenters. The lowest BCUT2D eigenvalue weighted by atomic mass is 10.1. The fourth-order valence-electron chi connectivity index (χ4n) is 1.77. The number of benzene rings is 2. The summed E-state index contributed by atoms with van der Waals surface area (Å²) in [5.41, 5.74) is 3.40. The third-order valence-electron chi connectivity index (χ3n) is 2.65. The number of methoxy groups -OCH3 is 1. The number of ether oxygens (including phenoxy) is 1. The summed E-state index contributed by atoms with van der Waals surface area (Å²) in [4.78, 5) is 0. The van der Waals surface area contributed by atoms with E-state index in [0.717, 1.165) is 27.5 Å². The summed E-state index contributed by atoms with van der Waals surface area (Å²) in [6.45, 7) is 2.04. The number of halogens is 1. The van der Waals surface area contributed by atoms with Crippen molar-refractivity contribution in [2.75, 3.05) is 7.11 Å². The summed E-state index contributed by atoms with van der Waals surface area (Å²) in [5, 5.41) is 0.768. The third-order valence-corrected chi connectivity index (χ3v) is 2.87. The standard InChI is InChI=1S/C16H15ClO/c1-12-9-14(11-15(17)10-12)4-3-13-5-7-16(18-2)8-6-13/h3-11H,1-2H3. The highest BCUT2D eigenvalue weighted by molar-refractivity contribution is 6.30. The Balaban J connectivity index is 2.18. The minimum Gasteiger partial charge on any atom is -0.497 e. The predicted molar refractivity (Wildman–Crippen MR) is 78.1 cm³/mol. The molecule has 92 valence electrons. The molecule has 0 aliphatic rings. The quantitative estimate of drug-likeness (QED) is 0.717. The summed E-state index contributed by atoms with van der Waals surface area (Å²) >= 11 is 6.02. The molecule has 2 aromatic rings. The Bertz CT molecular complexity index is 536. The van der Waals surface area contributed by atoms with Crippen LogP contribution in [0.1, 0.15) is 16.7 Å². The highest BCUT2D eigenvalue weighted by atomic mass is 35.5. The molecule has 0 saturated carbocycles. The first-order valence-electron chi connectivity index (χ1n) is 5.77. The third kappa shape index (κ3) is 3.38. The van der Waals surface area contributed by atoms with E-state index in [-0.39, 0.29) is 0 Å². The van der Waals surface area contributed by atoms with Crippen molar-refractivity contribution in [2.45, 2.75) is 6.92 Å². The summed E-state index contributed by atoms with van der Waals surface area (Å²) in [6, 6.07) is 13.9. The molecule has 0 radical (unpaired) electrons. The number of hydrogen-bond donors (Lipinski definition) is 0. The normalized spacial score (nSPS) is 10.8. The first kappa shape index (κ1) is 12.7. The van der Waals surface area contributed by atoms with Crippen LogP contribution in [0.25, 0.3) is 12.2 Å². The van der Waals surface area contributed by atoms with Crippen molar-refractivity contribution < 1.29 is 4.74 Å². The van der Waals surface area contributed by atoms with Crippen LogP contribution in [0.2, 0.25) is 5.02 Å². The number of rotatable bonds is 3. The second-order valence-corrected chi connectivity index (χ2v) is 4.60. The van der Waals surface area contributed by atoms with E-state index in [9.17, 15) is 0 Å². The van der Waals surface area contributed by atoms with Crippen LogP contribution in [0.15, 0.2) is 42.5 Å². The van der Waals surface area contributed by atoms with E-state index < -0.39 is 0 Å². The molecule has 0 aliphatic heterocycles. The van der Waals surface area contributed by atoms with Crippen molar-refractivity contribution in [3.63, 3.8) is 0 Å². The van der Waals surface area contributed by atoms with Crippen molar-refractivity contribution in [2.24, 2.45) is 0 Å². The van der Waals surface area contributed by atoms with E-state index in [4.69, 9.17) is 16.3 Å². The zero-order valence-corrected chi connectivity index (χ0v) is 11.2. The molecule has 0 N–H and O–H groups in total. The van der Waals surface area contributed by atoms with E-state index >= 15 is 0 Å². The van der Waals surface area contributed by atoms with Gasteiger partial charge in [0, 0.05) is 5.02 Å². The first-order chi connectivity index (χ1) is 8.67. The first-order valence-corrected chi connectivity index (χ1v) is 6.14. The second kappa shape index (κ2) is 5.74. The van der Waals surface area contributed by atoms with Crippen LogP contribution in [0.5, 0.6) is 5.75 Å². The molecule has 0 heterocycles. The minimum absolute atomic E-state index is 0.768. The molecule has 2 heteroatoms. The van der Waals surface area contributed by atoms with Crippen molar-refractivity contribution in [3.05, 3.63) is 64.2 Å². The Morgan fingerprint density at radius 1 is 0.944 bits per heavy atom. The van der Waals surface area contributed by atoms with E-state index in [1.165, 1.54) is 0 Å². The lowest BCUT2D eigenvalue weighted by Gasteiger charge is -2.00. The van der Waals surface area contributed by atoms with Gasteiger partial charge in [-0.3, -0.25) is 0 Å². The van der Waals surface area contributed by atoms with Gasteiger partial charge in [0.2, 0.25) is 0 Å². The molecule has 0 fully saturated rings. The molecule has 1 nitrogen and oxygen atoms in total. The van der Waals surface area contributed by atoms with Gasteiger partial charge in [-0.25, -0.2) is 0 Å². The van der Waals surface area contributed by atoms with Gasteiger partial charge in [-0.2, -0.15) is 0 Å². The van der Waals surface area contributed by atoms with E-state index in [1.54, 1.807) is 7.11 Å². The van der Waals surface area contributed by atoms with Crippen LogP contribution >= 0.6 is 11.6 Å². The highest BCUT2D eigenvalue weighted by Crippen LogP contribution is 2.18. The Morgan fingerprint density at radius 3 is 2.22 bits per heavy atom. The summed E-state index contributed by atoms with van der Waals surface area (Å²) in [5.74, 6) is 0.866. The molecule has 0 amide bonds. The van der Waals surface area contributed by atoms with Gasteiger partial charge < -0.3 is 4.74 Å². The smallest absolute Gasteiger partial charge is 0.118 e. The van der Waals surface area contributed by atoms with Crippen molar-refractivity contribution in [3.8, 4) is 5.75 Å². The summed E-state index contributed by atoms with van der Waals surface area (Å²) < 4.78 is 5.12. The Kier molecular flexibility index (Phi) is 4.06. The number of aryl methyl sites for hydroxylation is 1. The zero-order chi connectivity index (χ0) is 13.0. The molecule has 2 rings (SSSR count). The maximum atomic E-state index is 6.02. The van der Waals surface area contributed by atoms with E-state index in [2.05, 4.69) is 18.2 Å². The van der Waals surface area contributed by atoms with Gasteiger partial charge in [-0.05, 0) is 47.9 Å². The van der Waals surface area contributed by atoms with Crippen LogP contribution in [-0.2, 0) is 0 Å². The lowest BCUT2D eigenvalue weighted by molar-refractivity contribution is 0.415. The Morgan fingerprint density at radius 2 is 1.61 bits per heavy atom. The molecule has 18 heavy (non-hydrogen) atoms. The maximum absolute atomic E-state index is 6.02. The molecule has 0 unspecified atom stereocenters. The molecule has 0 aliphatic carbocycles. The van der Waals surface area contributed by atoms with E-state index in [1.807, 2.05) is 43.3 Å². The largest absolute Gasteiger partial charge is 0.497 e. The average Bonchev–Trinajstić information content (AvgIpc) is 2.36. The fraction of sp³-hybridized carbons (Fsp3) is 0.125. The van der Waals surface area contributed by atoms with Crippen molar-refractivity contribution >= 4 is 23.8 Å². The molecule has 0 aromatic heterocycles. The van der Waals surface area contributed by atoms with Gasteiger partial charge in [0.15, 0.2) is 0 Å². The lowest BCUT2D eigenvalue weighted by Crippen LogP contribution is -1.81. The predicted octanol–water partition coefficient (Wildman–Crippen LogP) is 4.83. The van der Waals surface area contributed by atoms with Crippen molar-refractivity contribution in [1.82, 2.24) is 0 Å². The Labute approximate surface area is 113 Å². The van der Waals surface area contributed by atoms with Crippen LogP contribution in [0.3, 0.4) is 0 Å². The molecule has 0 spiro atoms. The molecular weight excluding hydrogens is 244 g/mol. The SMILES string of the molecule is COc1ccc(C=Cc2cc(C)cc(Cl)c2)cc1. The maximum Gasteiger partial charge on any atom is 0.118 e. The average molecular weight is 259 g/mol.